The molecule has 0 atom stereocenters. The molecule has 1 amide bonds. The minimum atomic E-state index is 0.136. The van der Waals surface area contributed by atoms with Crippen molar-refractivity contribution >= 4 is 11.6 Å². The highest BCUT2D eigenvalue weighted by Gasteiger charge is 2.29. The van der Waals surface area contributed by atoms with Gasteiger partial charge in [-0.15, -0.1) is 0 Å². The molecular formula is C15H22N2O. The van der Waals surface area contributed by atoms with Crippen LogP contribution in [-0.4, -0.2) is 22.9 Å². The lowest BCUT2D eigenvalue weighted by atomic mass is 10.1. The Balaban J connectivity index is 2.20. The molecule has 1 aliphatic carbocycles. The van der Waals surface area contributed by atoms with Crippen LogP contribution in [0.2, 0.25) is 0 Å². The number of carbonyl (C=O) groups excluding carboxylic acids is 1. The predicted molar refractivity (Wildman–Crippen MR) is 74.4 cm³/mol. The van der Waals surface area contributed by atoms with E-state index < -0.39 is 0 Å². The molecule has 0 unspecified atom stereocenters. The first-order chi connectivity index (χ1) is 8.59. The lowest BCUT2D eigenvalue weighted by Crippen LogP contribution is -2.43. The molecular weight excluding hydrogens is 224 g/mol. The topological polar surface area (TPSA) is 46.3 Å². The first-order valence-corrected chi connectivity index (χ1v) is 6.78. The van der Waals surface area contributed by atoms with Crippen LogP contribution in [0, 0.1) is 0 Å². The Kier molecular flexibility index (Phi) is 3.90. The van der Waals surface area contributed by atoms with Crippen molar-refractivity contribution in [3.05, 3.63) is 29.8 Å². The van der Waals surface area contributed by atoms with Gasteiger partial charge in [-0.1, -0.05) is 12.8 Å². The van der Waals surface area contributed by atoms with Gasteiger partial charge >= 0.3 is 0 Å². The summed E-state index contributed by atoms with van der Waals surface area (Å²) >= 11 is 0. The van der Waals surface area contributed by atoms with Crippen molar-refractivity contribution in [1.82, 2.24) is 4.90 Å². The molecule has 2 rings (SSSR count). The maximum atomic E-state index is 12.6. The molecule has 3 heteroatoms. The molecule has 0 aliphatic heterocycles. The Hall–Kier alpha value is -1.51. The summed E-state index contributed by atoms with van der Waals surface area (Å²) in [4.78, 5) is 14.6. The summed E-state index contributed by atoms with van der Waals surface area (Å²) in [5.41, 5.74) is 7.10. The SMILES string of the molecule is CC(C)N(C(=O)c1ccc(N)cc1)C1CCCC1. The summed E-state index contributed by atoms with van der Waals surface area (Å²) in [6, 6.07) is 7.89. The first kappa shape index (κ1) is 12.9. The Morgan fingerprint density at radius 1 is 1.22 bits per heavy atom. The molecule has 0 aromatic heterocycles. The van der Waals surface area contributed by atoms with Crippen LogP contribution < -0.4 is 5.73 Å². The highest BCUT2D eigenvalue weighted by molar-refractivity contribution is 5.95. The van der Waals surface area contributed by atoms with Gasteiger partial charge in [-0.05, 0) is 51.0 Å². The summed E-state index contributed by atoms with van der Waals surface area (Å²) in [5.74, 6) is 0.136. The molecule has 18 heavy (non-hydrogen) atoms. The van der Waals surface area contributed by atoms with E-state index in [-0.39, 0.29) is 11.9 Å². The average molecular weight is 246 g/mol. The van der Waals surface area contributed by atoms with Gasteiger partial charge in [0.1, 0.15) is 0 Å². The van der Waals surface area contributed by atoms with E-state index in [4.69, 9.17) is 5.73 Å². The van der Waals surface area contributed by atoms with Crippen LogP contribution in [0.15, 0.2) is 24.3 Å². The largest absolute Gasteiger partial charge is 0.399 e. The molecule has 98 valence electrons. The van der Waals surface area contributed by atoms with E-state index in [0.717, 1.165) is 18.4 Å². The lowest BCUT2D eigenvalue weighted by molar-refractivity contribution is 0.0613. The monoisotopic (exact) mass is 246 g/mol. The van der Waals surface area contributed by atoms with Crippen molar-refractivity contribution in [1.29, 1.82) is 0 Å². The van der Waals surface area contributed by atoms with Gasteiger partial charge in [0.25, 0.3) is 5.91 Å². The van der Waals surface area contributed by atoms with Crippen molar-refractivity contribution < 1.29 is 4.79 Å². The van der Waals surface area contributed by atoms with Crippen molar-refractivity contribution in [2.45, 2.75) is 51.6 Å². The molecule has 1 aliphatic rings. The van der Waals surface area contributed by atoms with Crippen LogP contribution in [0.1, 0.15) is 49.9 Å². The minimum Gasteiger partial charge on any atom is -0.399 e. The molecule has 0 radical (unpaired) electrons. The molecule has 2 N–H and O–H groups in total. The Morgan fingerprint density at radius 2 is 1.78 bits per heavy atom. The number of nitrogen functional groups attached to an aromatic ring is 1. The summed E-state index contributed by atoms with van der Waals surface area (Å²) in [5, 5.41) is 0. The van der Waals surface area contributed by atoms with Crippen molar-refractivity contribution in [3.63, 3.8) is 0 Å². The van der Waals surface area contributed by atoms with Gasteiger partial charge in [-0.3, -0.25) is 4.79 Å². The van der Waals surface area contributed by atoms with E-state index in [1.54, 1.807) is 12.1 Å². The fraction of sp³-hybridized carbons (Fsp3) is 0.533. The number of benzene rings is 1. The number of amides is 1. The Labute approximate surface area is 109 Å². The van der Waals surface area contributed by atoms with Crippen LogP contribution in [0.3, 0.4) is 0 Å². The number of rotatable bonds is 3. The van der Waals surface area contributed by atoms with Crippen LogP contribution in [0.5, 0.6) is 0 Å². The zero-order valence-corrected chi connectivity index (χ0v) is 11.2. The van der Waals surface area contributed by atoms with Gasteiger partial charge in [-0.2, -0.15) is 0 Å². The number of anilines is 1. The molecule has 0 heterocycles. The fourth-order valence-corrected chi connectivity index (χ4v) is 2.78. The molecule has 1 fully saturated rings. The summed E-state index contributed by atoms with van der Waals surface area (Å²) in [6.45, 7) is 4.18. The minimum absolute atomic E-state index is 0.136. The molecule has 0 bridgehead atoms. The third kappa shape index (κ3) is 2.66. The molecule has 1 aromatic carbocycles. The number of hydrogen-bond acceptors (Lipinski definition) is 2. The molecule has 0 saturated heterocycles. The van der Waals surface area contributed by atoms with Gasteiger partial charge in [0, 0.05) is 23.3 Å². The highest BCUT2D eigenvalue weighted by atomic mass is 16.2. The van der Waals surface area contributed by atoms with E-state index in [1.165, 1.54) is 12.8 Å². The summed E-state index contributed by atoms with van der Waals surface area (Å²) < 4.78 is 0. The molecule has 3 nitrogen and oxygen atoms in total. The van der Waals surface area contributed by atoms with E-state index >= 15 is 0 Å². The predicted octanol–water partition coefficient (Wildman–Crippen LogP) is 3.06. The maximum Gasteiger partial charge on any atom is 0.254 e. The zero-order chi connectivity index (χ0) is 13.1. The fourth-order valence-electron chi connectivity index (χ4n) is 2.78. The summed E-state index contributed by atoms with van der Waals surface area (Å²) in [7, 11) is 0. The molecule has 1 aromatic rings. The smallest absolute Gasteiger partial charge is 0.254 e. The number of hydrogen-bond donors (Lipinski definition) is 1. The zero-order valence-electron chi connectivity index (χ0n) is 11.2. The summed E-state index contributed by atoms with van der Waals surface area (Å²) in [6.07, 6.45) is 4.75. The van der Waals surface area contributed by atoms with Crippen LogP contribution in [-0.2, 0) is 0 Å². The average Bonchev–Trinajstić information content (AvgIpc) is 2.83. The van der Waals surface area contributed by atoms with Gasteiger partial charge in [0.05, 0.1) is 0 Å². The van der Waals surface area contributed by atoms with Crippen LogP contribution in [0.4, 0.5) is 5.69 Å². The lowest BCUT2D eigenvalue weighted by Gasteiger charge is -2.33. The second-order valence-electron chi connectivity index (χ2n) is 5.37. The molecule has 0 spiro atoms. The Morgan fingerprint density at radius 3 is 2.28 bits per heavy atom. The van der Waals surface area contributed by atoms with Crippen LogP contribution in [0.25, 0.3) is 0 Å². The Bertz CT molecular complexity index is 405. The first-order valence-electron chi connectivity index (χ1n) is 6.78. The number of nitrogens with zero attached hydrogens (tertiary/aromatic N) is 1. The maximum absolute atomic E-state index is 12.6. The van der Waals surface area contributed by atoms with Crippen molar-refractivity contribution in [2.75, 3.05) is 5.73 Å². The van der Waals surface area contributed by atoms with E-state index in [2.05, 4.69) is 13.8 Å². The van der Waals surface area contributed by atoms with Crippen molar-refractivity contribution in [3.8, 4) is 0 Å². The normalized spacial score (nSPS) is 16.2. The quantitative estimate of drug-likeness (QED) is 0.833. The second kappa shape index (κ2) is 5.42. The third-order valence-corrected chi connectivity index (χ3v) is 3.67. The standard InChI is InChI=1S/C15H22N2O/c1-11(2)17(14-5-3-4-6-14)15(18)12-7-9-13(16)10-8-12/h7-11,14H,3-6,16H2,1-2H3. The van der Waals surface area contributed by atoms with Gasteiger partial charge in [0.2, 0.25) is 0 Å². The molecule has 1 saturated carbocycles. The van der Waals surface area contributed by atoms with Gasteiger partial charge in [-0.25, -0.2) is 0 Å². The van der Waals surface area contributed by atoms with Crippen LogP contribution >= 0.6 is 0 Å². The third-order valence-electron chi connectivity index (χ3n) is 3.67. The van der Waals surface area contributed by atoms with Gasteiger partial charge in [0.15, 0.2) is 0 Å². The highest BCUT2D eigenvalue weighted by Crippen LogP contribution is 2.26. The van der Waals surface area contributed by atoms with Gasteiger partial charge < -0.3 is 10.6 Å². The number of carbonyl (C=O) groups is 1. The van der Waals surface area contributed by atoms with Crippen molar-refractivity contribution in [2.24, 2.45) is 0 Å². The number of nitrogens with two attached hydrogens (primary N) is 1. The van der Waals surface area contributed by atoms with E-state index in [1.807, 2.05) is 17.0 Å². The van der Waals surface area contributed by atoms with E-state index in [0.29, 0.717) is 11.7 Å². The second-order valence-corrected chi connectivity index (χ2v) is 5.37. The van der Waals surface area contributed by atoms with E-state index in [9.17, 15) is 4.79 Å².